The zero-order chi connectivity index (χ0) is 17.4. The second-order valence-electron chi connectivity index (χ2n) is 6.18. The summed E-state index contributed by atoms with van der Waals surface area (Å²) in [4.78, 5) is 1.27. The van der Waals surface area contributed by atoms with E-state index in [2.05, 4.69) is 48.3 Å². The van der Waals surface area contributed by atoms with Crippen molar-refractivity contribution in [2.24, 2.45) is 0 Å². The quantitative estimate of drug-likeness (QED) is 0.425. The summed E-state index contributed by atoms with van der Waals surface area (Å²) in [6.45, 7) is 6.18. The molecule has 0 radical (unpaired) electrons. The van der Waals surface area contributed by atoms with E-state index in [1.54, 1.807) is 13.2 Å². The highest BCUT2D eigenvalue weighted by atomic mass is 32.2. The van der Waals surface area contributed by atoms with Gasteiger partial charge in [0, 0.05) is 33.6 Å². The minimum atomic E-state index is 0.523. The van der Waals surface area contributed by atoms with Crippen molar-refractivity contribution in [2.45, 2.75) is 30.9 Å². The highest BCUT2D eigenvalue weighted by molar-refractivity contribution is 7.99. The van der Waals surface area contributed by atoms with Crippen molar-refractivity contribution in [3.63, 3.8) is 0 Å². The third-order valence-electron chi connectivity index (χ3n) is 3.88. The molecule has 0 bridgehead atoms. The van der Waals surface area contributed by atoms with Crippen LogP contribution in [0.25, 0.3) is 33.6 Å². The maximum atomic E-state index is 5.72. The fourth-order valence-electron chi connectivity index (χ4n) is 2.78. The van der Waals surface area contributed by atoms with Crippen LogP contribution in [0.3, 0.4) is 0 Å². The molecule has 0 fully saturated rings. The Morgan fingerprint density at radius 1 is 0.960 bits per heavy atom. The van der Waals surface area contributed by atoms with Crippen molar-refractivity contribution >= 4 is 22.7 Å². The summed E-state index contributed by atoms with van der Waals surface area (Å²) in [5, 5.41) is 9.61. The van der Waals surface area contributed by atoms with Crippen molar-refractivity contribution < 1.29 is 8.83 Å². The van der Waals surface area contributed by atoms with E-state index in [-0.39, 0.29) is 0 Å². The summed E-state index contributed by atoms with van der Waals surface area (Å²) in [5.74, 6) is 1.08. The van der Waals surface area contributed by atoms with E-state index in [9.17, 15) is 0 Å². The molecule has 2 heterocycles. The summed E-state index contributed by atoms with van der Waals surface area (Å²) in [7, 11) is 0. The molecular formula is C20H18N2O2S. The van der Waals surface area contributed by atoms with Gasteiger partial charge in [-0.2, -0.15) is 0 Å². The van der Waals surface area contributed by atoms with Crippen LogP contribution in [0, 0.1) is 6.92 Å². The van der Waals surface area contributed by atoms with Gasteiger partial charge in [0.05, 0.1) is 6.26 Å². The Kier molecular flexibility index (Phi) is 4.09. The van der Waals surface area contributed by atoms with E-state index in [0.29, 0.717) is 17.0 Å². The largest absolute Gasteiger partial charge is 0.464 e. The maximum absolute atomic E-state index is 5.72. The van der Waals surface area contributed by atoms with Gasteiger partial charge in [-0.3, -0.25) is 0 Å². The van der Waals surface area contributed by atoms with E-state index in [0.717, 1.165) is 27.7 Å². The molecule has 0 amide bonds. The van der Waals surface area contributed by atoms with Crippen LogP contribution in [0.4, 0.5) is 0 Å². The van der Waals surface area contributed by atoms with Crippen LogP contribution in [0.15, 0.2) is 62.5 Å². The molecule has 2 aromatic carbocycles. The molecule has 0 atom stereocenters. The molecule has 0 aliphatic heterocycles. The number of rotatable bonds is 4. The number of nitrogens with zero attached hydrogens (tertiary/aromatic N) is 2. The number of hydrogen-bond acceptors (Lipinski definition) is 5. The van der Waals surface area contributed by atoms with Crippen LogP contribution in [0.1, 0.15) is 19.7 Å². The molecule has 0 saturated carbocycles. The lowest BCUT2D eigenvalue weighted by Gasteiger charge is -2.06. The average Bonchev–Trinajstić information content (AvgIpc) is 3.21. The first-order valence-electron chi connectivity index (χ1n) is 8.19. The van der Waals surface area contributed by atoms with Gasteiger partial charge in [0.15, 0.2) is 0 Å². The summed E-state index contributed by atoms with van der Waals surface area (Å²) >= 11 is 1.86. The van der Waals surface area contributed by atoms with Gasteiger partial charge in [-0.25, -0.2) is 0 Å². The zero-order valence-corrected chi connectivity index (χ0v) is 15.1. The van der Waals surface area contributed by atoms with Crippen LogP contribution >= 0.6 is 11.8 Å². The normalized spacial score (nSPS) is 11.5. The van der Waals surface area contributed by atoms with Gasteiger partial charge in [-0.15, -0.1) is 22.0 Å². The van der Waals surface area contributed by atoms with Crippen LogP contribution in [-0.4, -0.2) is 15.4 Å². The molecule has 4 nitrogen and oxygen atoms in total. The number of fused-ring (bicyclic) bond motifs is 1. The topological polar surface area (TPSA) is 52.1 Å². The molecule has 4 aromatic rings. The van der Waals surface area contributed by atoms with Crippen molar-refractivity contribution in [1.29, 1.82) is 0 Å². The van der Waals surface area contributed by atoms with Crippen molar-refractivity contribution in [2.75, 3.05) is 0 Å². The summed E-state index contributed by atoms with van der Waals surface area (Å²) in [6, 6.07) is 14.5. The molecule has 0 N–H and O–H groups in total. The molecule has 0 spiro atoms. The number of benzene rings is 2. The Morgan fingerprint density at radius 2 is 1.72 bits per heavy atom. The predicted molar refractivity (Wildman–Crippen MR) is 101 cm³/mol. The highest BCUT2D eigenvalue weighted by Gasteiger charge is 2.12. The van der Waals surface area contributed by atoms with Crippen molar-refractivity contribution in [3.8, 4) is 22.6 Å². The molecule has 0 unspecified atom stereocenters. The third-order valence-corrected chi connectivity index (χ3v) is 4.90. The zero-order valence-electron chi connectivity index (χ0n) is 14.3. The number of aryl methyl sites for hydroxylation is 1. The fraction of sp³-hybridized carbons (Fsp3) is 0.200. The monoisotopic (exact) mass is 350 g/mol. The van der Waals surface area contributed by atoms with Gasteiger partial charge in [0.2, 0.25) is 11.8 Å². The second-order valence-corrected chi connectivity index (χ2v) is 7.83. The van der Waals surface area contributed by atoms with E-state index >= 15 is 0 Å². The Balaban J connectivity index is 1.74. The van der Waals surface area contributed by atoms with Gasteiger partial charge >= 0.3 is 0 Å². The van der Waals surface area contributed by atoms with E-state index in [1.165, 1.54) is 4.90 Å². The number of aromatic nitrogens is 2. The average molecular weight is 350 g/mol. The molecule has 126 valence electrons. The van der Waals surface area contributed by atoms with E-state index in [1.807, 2.05) is 30.0 Å². The molecular weight excluding hydrogens is 332 g/mol. The Bertz CT molecular complexity index is 1020. The molecule has 5 heteroatoms. The van der Waals surface area contributed by atoms with E-state index < -0.39 is 0 Å². The summed E-state index contributed by atoms with van der Waals surface area (Å²) in [5.41, 5.74) is 3.93. The Morgan fingerprint density at radius 3 is 2.40 bits per heavy atom. The van der Waals surface area contributed by atoms with E-state index in [4.69, 9.17) is 8.83 Å². The van der Waals surface area contributed by atoms with Gasteiger partial charge < -0.3 is 8.83 Å². The lowest BCUT2D eigenvalue weighted by atomic mass is 10.0. The Hall–Kier alpha value is -2.53. The maximum Gasteiger partial charge on any atom is 0.247 e. The first-order valence-corrected chi connectivity index (χ1v) is 9.07. The van der Waals surface area contributed by atoms with Crippen LogP contribution in [-0.2, 0) is 0 Å². The molecule has 0 saturated heterocycles. The minimum Gasteiger partial charge on any atom is -0.464 e. The lowest BCUT2D eigenvalue weighted by Crippen LogP contribution is -1.85. The summed E-state index contributed by atoms with van der Waals surface area (Å²) < 4.78 is 11.3. The number of hydrogen-bond donors (Lipinski definition) is 0. The molecule has 2 aromatic heterocycles. The molecule has 0 aliphatic rings. The van der Waals surface area contributed by atoms with Gasteiger partial charge in [-0.1, -0.05) is 26.0 Å². The SMILES string of the molecule is Cc1nnc(-c2ccc3occ(-c4ccc(SC(C)C)cc4)c3c2)o1. The standard InChI is InChI=1S/C20H18N2O2S/c1-12(2)25-16-7-4-14(5-8-16)18-11-23-19-9-6-15(10-17(18)19)20-22-21-13(3)24-20/h4-12H,1-3H3. The lowest BCUT2D eigenvalue weighted by molar-refractivity contribution is 0.533. The van der Waals surface area contributed by atoms with Crippen LogP contribution in [0.2, 0.25) is 0 Å². The van der Waals surface area contributed by atoms with Crippen molar-refractivity contribution in [3.05, 3.63) is 54.6 Å². The first kappa shape index (κ1) is 16.0. The van der Waals surface area contributed by atoms with Crippen LogP contribution < -0.4 is 0 Å². The molecule has 0 aliphatic carbocycles. The number of thioether (sulfide) groups is 1. The number of furan rings is 1. The summed E-state index contributed by atoms with van der Waals surface area (Å²) in [6.07, 6.45) is 1.80. The fourth-order valence-corrected chi connectivity index (χ4v) is 3.62. The van der Waals surface area contributed by atoms with Crippen molar-refractivity contribution in [1.82, 2.24) is 10.2 Å². The third kappa shape index (κ3) is 3.20. The highest BCUT2D eigenvalue weighted by Crippen LogP contribution is 2.34. The minimum absolute atomic E-state index is 0.523. The molecule has 4 rings (SSSR count). The van der Waals surface area contributed by atoms with Gasteiger partial charge in [0.1, 0.15) is 5.58 Å². The predicted octanol–water partition coefficient (Wildman–Crippen LogP) is 5.96. The van der Waals surface area contributed by atoms with Gasteiger partial charge in [-0.05, 0) is 35.9 Å². The van der Waals surface area contributed by atoms with Gasteiger partial charge in [0.25, 0.3) is 0 Å². The second kappa shape index (κ2) is 6.41. The molecule has 25 heavy (non-hydrogen) atoms. The first-order chi connectivity index (χ1) is 12.1. The van der Waals surface area contributed by atoms with Crippen LogP contribution in [0.5, 0.6) is 0 Å². The smallest absolute Gasteiger partial charge is 0.247 e. The Labute approximate surface area is 150 Å².